The van der Waals surface area contributed by atoms with Gasteiger partial charge in [0.2, 0.25) is 5.95 Å². The number of aromatic nitrogens is 4. The molecular formula is C21H30F3N5. The van der Waals surface area contributed by atoms with Crippen LogP contribution in [0, 0.1) is 17.8 Å². The number of nitrogens with zero attached hydrogens (tertiary/aromatic N) is 4. The summed E-state index contributed by atoms with van der Waals surface area (Å²) in [6.45, 7) is 12.6. The molecule has 0 aliphatic rings. The number of hydrogen-bond acceptors (Lipinski definition) is 5. The fourth-order valence-corrected chi connectivity index (χ4v) is 2.49. The van der Waals surface area contributed by atoms with Crippen LogP contribution in [0.2, 0.25) is 0 Å². The zero-order valence-corrected chi connectivity index (χ0v) is 17.9. The van der Waals surface area contributed by atoms with E-state index in [0.29, 0.717) is 35.9 Å². The van der Waals surface area contributed by atoms with Crippen LogP contribution in [-0.2, 0) is 12.6 Å². The van der Waals surface area contributed by atoms with Crippen molar-refractivity contribution in [3.05, 3.63) is 29.7 Å². The largest absolute Gasteiger partial charge is 0.433 e. The minimum Gasteiger partial charge on any atom is -0.351 e. The van der Waals surface area contributed by atoms with Gasteiger partial charge < -0.3 is 5.32 Å². The molecule has 0 aromatic carbocycles. The number of rotatable bonds is 8. The van der Waals surface area contributed by atoms with Gasteiger partial charge in [0.25, 0.3) is 0 Å². The molecule has 0 fully saturated rings. The van der Waals surface area contributed by atoms with Crippen LogP contribution in [0.25, 0.3) is 11.5 Å². The van der Waals surface area contributed by atoms with Crippen LogP contribution in [-0.4, -0.2) is 26.0 Å². The molecule has 2 aromatic heterocycles. The first-order valence-electron chi connectivity index (χ1n) is 10.0. The lowest BCUT2D eigenvalue weighted by Gasteiger charge is -2.19. The molecule has 2 aromatic rings. The van der Waals surface area contributed by atoms with E-state index < -0.39 is 11.9 Å². The molecule has 0 aliphatic heterocycles. The van der Waals surface area contributed by atoms with Crippen LogP contribution in [0.5, 0.6) is 0 Å². The van der Waals surface area contributed by atoms with Gasteiger partial charge in [0.1, 0.15) is 17.2 Å². The van der Waals surface area contributed by atoms with E-state index in [2.05, 4.69) is 59.9 Å². The van der Waals surface area contributed by atoms with Gasteiger partial charge in [0.15, 0.2) is 5.82 Å². The van der Waals surface area contributed by atoms with Gasteiger partial charge in [-0.1, -0.05) is 40.7 Å². The maximum atomic E-state index is 13.1. The maximum absolute atomic E-state index is 13.1. The molecule has 5 nitrogen and oxygen atoms in total. The zero-order valence-electron chi connectivity index (χ0n) is 17.9. The van der Waals surface area contributed by atoms with Gasteiger partial charge in [0.05, 0.1) is 0 Å². The summed E-state index contributed by atoms with van der Waals surface area (Å²) < 4.78 is 39.2. The average molecular weight is 410 g/mol. The first-order valence-corrected chi connectivity index (χ1v) is 10.0. The summed E-state index contributed by atoms with van der Waals surface area (Å²) in [5.41, 5.74) is -0.879. The topological polar surface area (TPSA) is 63.6 Å². The van der Waals surface area contributed by atoms with Crippen molar-refractivity contribution in [1.82, 2.24) is 19.9 Å². The highest BCUT2D eigenvalue weighted by molar-refractivity contribution is 5.51. The van der Waals surface area contributed by atoms with Gasteiger partial charge in [-0.05, 0) is 43.2 Å². The zero-order chi connectivity index (χ0) is 21.8. The number of pyridine rings is 1. The van der Waals surface area contributed by atoms with Crippen molar-refractivity contribution in [2.75, 3.05) is 5.32 Å². The third-order valence-corrected chi connectivity index (χ3v) is 5.27. The standard InChI is InChI=1S/C21H30F3N5/c1-12(2)14(5)10-11-18-27-19(29-20(28-18)25-15(6)13(3)4)16-8-7-9-17(26-16)21(22,23)24/h7-9,12-15H,10-11H2,1-6H3,(H,25,27,28,29)/t14-,15+/m1/s1. The first kappa shape index (κ1) is 23.0. The second kappa shape index (κ2) is 9.50. The average Bonchev–Trinajstić information content (AvgIpc) is 2.65. The van der Waals surface area contributed by atoms with Crippen molar-refractivity contribution in [2.45, 2.75) is 66.6 Å². The SMILES string of the molecule is CC(C)[C@H](C)CCc1nc(N[C@@H](C)C(C)C)nc(-c2cccc(C(F)(F)F)n2)n1. The van der Waals surface area contributed by atoms with Gasteiger partial charge >= 0.3 is 6.18 Å². The number of nitrogens with one attached hydrogen (secondary N) is 1. The fraction of sp³-hybridized carbons (Fsp3) is 0.619. The Balaban J connectivity index is 2.40. The first-order chi connectivity index (χ1) is 13.5. The number of alkyl halides is 3. The Morgan fingerprint density at radius 2 is 1.59 bits per heavy atom. The van der Waals surface area contributed by atoms with Crippen molar-refractivity contribution in [3.8, 4) is 11.5 Å². The van der Waals surface area contributed by atoms with Crippen LogP contribution in [0.15, 0.2) is 18.2 Å². The van der Waals surface area contributed by atoms with Crippen LogP contribution in [0.4, 0.5) is 19.1 Å². The van der Waals surface area contributed by atoms with Crippen molar-refractivity contribution >= 4 is 5.95 Å². The minimum absolute atomic E-state index is 0.0839. The molecule has 0 saturated carbocycles. The summed E-state index contributed by atoms with van der Waals surface area (Å²) in [7, 11) is 0. The predicted molar refractivity (Wildman–Crippen MR) is 108 cm³/mol. The Morgan fingerprint density at radius 3 is 2.17 bits per heavy atom. The minimum atomic E-state index is -4.52. The van der Waals surface area contributed by atoms with Crippen molar-refractivity contribution in [1.29, 1.82) is 0 Å². The van der Waals surface area contributed by atoms with Gasteiger partial charge in [-0.25, -0.2) is 9.97 Å². The second-order valence-electron chi connectivity index (χ2n) is 8.24. The molecule has 0 bridgehead atoms. The number of aryl methyl sites for hydroxylation is 1. The van der Waals surface area contributed by atoms with Crippen molar-refractivity contribution in [2.24, 2.45) is 17.8 Å². The Bertz CT molecular complexity index is 805. The van der Waals surface area contributed by atoms with E-state index >= 15 is 0 Å². The second-order valence-corrected chi connectivity index (χ2v) is 8.24. The Hall–Kier alpha value is -2.25. The van der Waals surface area contributed by atoms with E-state index in [9.17, 15) is 13.2 Å². The molecule has 2 heterocycles. The van der Waals surface area contributed by atoms with Gasteiger partial charge in [0, 0.05) is 12.5 Å². The number of anilines is 1. The van der Waals surface area contributed by atoms with E-state index in [-0.39, 0.29) is 17.6 Å². The molecule has 29 heavy (non-hydrogen) atoms. The molecule has 1 N–H and O–H groups in total. The van der Waals surface area contributed by atoms with Crippen molar-refractivity contribution in [3.63, 3.8) is 0 Å². The molecule has 2 atom stereocenters. The third kappa shape index (κ3) is 6.65. The van der Waals surface area contributed by atoms with Gasteiger partial charge in [-0.3, -0.25) is 0 Å². The lowest BCUT2D eigenvalue weighted by molar-refractivity contribution is -0.141. The van der Waals surface area contributed by atoms with Crippen LogP contribution in [0.1, 0.15) is 59.5 Å². The van der Waals surface area contributed by atoms with Crippen LogP contribution >= 0.6 is 0 Å². The highest BCUT2D eigenvalue weighted by Gasteiger charge is 2.32. The third-order valence-electron chi connectivity index (χ3n) is 5.27. The molecule has 0 saturated heterocycles. The summed E-state index contributed by atoms with van der Waals surface area (Å²) in [5.74, 6) is 2.42. The molecule has 8 heteroatoms. The van der Waals surface area contributed by atoms with Gasteiger partial charge in [-0.15, -0.1) is 0 Å². The van der Waals surface area contributed by atoms with Crippen molar-refractivity contribution < 1.29 is 13.2 Å². The predicted octanol–water partition coefficient (Wildman–Crippen LogP) is 5.63. The maximum Gasteiger partial charge on any atom is 0.433 e. The van der Waals surface area contributed by atoms with E-state index in [1.165, 1.54) is 12.1 Å². The number of halogens is 3. The van der Waals surface area contributed by atoms with E-state index in [4.69, 9.17) is 0 Å². The Morgan fingerprint density at radius 1 is 0.897 bits per heavy atom. The molecule has 0 amide bonds. The number of hydrogen-bond donors (Lipinski definition) is 1. The van der Waals surface area contributed by atoms with Crippen LogP contribution in [0.3, 0.4) is 0 Å². The van der Waals surface area contributed by atoms with Crippen LogP contribution < -0.4 is 5.32 Å². The molecule has 160 valence electrons. The summed E-state index contributed by atoms with van der Waals surface area (Å²) in [4.78, 5) is 17.0. The quantitative estimate of drug-likeness (QED) is 0.612. The smallest absolute Gasteiger partial charge is 0.351 e. The summed E-state index contributed by atoms with van der Waals surface area (Å²) in [6.07, 6.45) is -3.01. The monoisotopic (exact) mass is 409 g/mol. The lowest BCUT2D eigenvalue weighted by atomic mass is 9.93. The summed E-state index contributed by atoms with van der Waals surface area (Å²) in [6, 6.07) is 3.85. The highest BCUT2D eigenvalue weighted by atomic mass is 19.4. The molecule has 0 spiro atoms. The van der Waals surface area contributed by atoms with E-state index in [1.807, 2.05) is 6.92 Å². The van der Waals surface area contributed by atoms with E-state index in [0.717, 1.165) is 12.5 Å². The molecule has 0 radical (unpaired) electrons. The highest BCUT2D eigenvalue weighted by Crippen LogP contribution is 2.29. The lowest BCUT2D eigenvalue weighted by Crippen LogP contribution is -2.23. The van der Waals surface area contributed by atoms with E-state index in [1.54, 1.807) is 0 Å². The normalized spacial score (nSPS) is 14.3. The summed E-state index contributed by atoms with van der Waals surface area (Å²) in [5, 5.41) is 3.23. The fourth-order valence-electron chi connectivity index (χ4n) is 2.49. The Kier molecular flexibility index (Phi) is 7.54. The summed E-state index contributed by atoms with van der Waals surface area (Å²) >= 11 is 0. The Labute approximate surface area is 170 Å². The molecular weight excluding hydrogens is 379 g/mol. The molecule has 2 rings (SSSR count). The molecule has 0 aliphatic carbocycles. The van der Waals surface area contributed by atoms with Gasteiger partial charge in [-0.2, -0.15) is 23.1 Å². The molecule has 0 unspecified atom stereocenters.